The Morgan fingerprint density at radius 1 is 0.966 bits per heavy atom. The summed E-state index contributed by atoms with van der Waals surface area (Å²) in [5, 5.41) is 10.4. The summed E-state index contributed by atoms with van der Waals surface area (Å²) < 4.78 is 16.1. The number of halogens is 2. The fraction of sp³-hybridized carbons (Fsp3) is 0.150. The largest absolute Gasteiger partial charge is 0.493 e. The molecule has 0 aliphatic carbocycles. The van der Waals surface area contributed by atoms with Crippen molar-refractivity contribution in [1.82, 2.24) is 9.97 Å². The van der Waals surface area contributed by atoms with Gasteiger partial charge >= 0.3 is 0 Å². The van der Waals surface area contributed by atoms with Crippen molar-refractivity contribution in [3.05, 3.63) is 45.9 Å². The monoisotopic (exact) mass is 430 g/mol. The first-order chi connectivity index (χ1) is 13.9. The summed E-state index contributed by atoms with van der Waals surface area (Å²) in [6.45, 7) is 0. The van der Waals surface area contributed by atoms with Crippen LogP contribution in [0.2, 0.25) is 10.0 Å². The van der Waals surface area contributed by atoms with Gasteiger partial charge in [0.15, 0.2) is 17.3 Å². The van der Waals surface area contributed by atoms with Gasteiger partial charge in [0.1, 0.15) is 17.5 Å². The summed E-state index contributed by atoms with van der Waals surface area (Å²) in [7, 11) is 4.53. The number of benzene rings is 2. The predicted molar refractivity (Wildman–Crippen MR) is 112 cm³/mol. The van der Waals surface area contributed by atoms with Crippen molar-refractivity contribution in [2.24, 2.45) is 0 Å². The molecule has 3 aromatic rings. The Hall–Kier alpha value is -3.21. The van der Waals surface area contributed by atoms with Crippen LogP contribution in [0.1, 0.15) is 5.56 Å². The van der Waals surface area contributed by atoms with Crippen molar-refractivity contribution in [1.29, 1.82) is 5.26 Å². The predicted octanol–water partition coefficient (Wildman–Crippen LogP) is 4.60. The minimum Gasteiger partial charge on any atom is -0.493 e. The molecule has 0 unspecified atom stereocenters. The van der Waals surface area contributed by atoms with Gasteiger partial charge in [0, 0.05) is 16.1 Å². The number of nitrogens with two attached hydrogens (primary N) is 1. The minimum absolute atomic E-state index is 0.0206. The van der Waals surface area contributed by atoms with Gasteiger partial charge in [-0.2, -0.15) is 5.26 Å². The van der Waals surface area contributed by atoms with Crippen molar-refractivity contribution >= 4 is 29.0 Å². The molecule has 2 N–H and O–H groups in total. The quantitative estimate of drug-likeness (QED) is 0.630. The molecule has 0 aliphatic heterocycles. The third-order valence-electron chi connectivity index (χ3n) is 4.16. The summed E-state index contributed by atoms with van der Waals surface area (Å²) in [6, 6.07) is 10.3. The minimum atomic E-state index is 0.0206. The average molecular weight is 431 g/mol. The molecule has 148 valence electrons. The Morgan fingerprint density at radius 2 is 1.62 bits per heavy atom. The van der Waals surface area contributed by atoms with Crippen LogP contribution in [0.3, 0.4) is 0 Å². The highest BCUT2D eigenvalue weighted by Crippen LogP contribution is 2.41. The lowest BCUT2D eigenvalue weighted by Crippen LogP contribution is -2.04. The lowest BCUT2D eigenvalue weighted by molar-refractivity contribution is 0.324. The zero-order valence-electron chi connectivity index (χ0n) is 15.8. The Labute approximate surface area is 177 Å². The molecule has 0 spiro atoms. The first-order valence-electron chi connectivity index (χ1n) is 8.26. The van der Waals surface area contributed by atoms with Crippen LogP contribution < -0.4 is 19.9 Å². The van der Waals surface area contributed by atoms with Crippen molar-refractivity contribution in [2.45, 2.75) is 0 Å². The molecule has 7 nitrogen and oxygen atoms in total. The number of anilines is 1. The van der Waals surface area contributed by atoms with E-state index < -0.39 is 0 Å². The van der Waals surface area contributed by atoms with E-state index >= 15 is 0 Å². The Morgan fingerprint density at radius 3 is 2.14 bits per heavy atom. The normalized spacial score (nSPS) is 10.3. The number of hydrogen-bond donors (Lipinski definition) is 1. The molecule has 0 radical (unpaired) electrons. The van der Waals surface area contributed by atoms with E-state index in [1.54, 1.807) is 30.3 Å². The molecule has 0 aliphatic rings. The van der Waals surface area contributed by atoms with Crippen molar-refractivity contribution in [3.8, 4) is 46.0 Å². The van der Waals surface area contributed by atoms with E-state index in [9.17, 15) is 5.26 Å². The van der Waals surface area contributed by atoms with E-state index in [0.29, 0.717) is 44.1 Å². The van der Waals surface area contributed by atoms with Crippen molar-refractivity contribution in [2.75, 3.05) is 27.1 Å². The third-order valence-corrected chi connectivity index (χ3v) is 4.71. The van der Waals surface area contributed by atoms with E-state index in [1.165, 1.54) is 21.3 Å². The number of hydrogen-bond acceptors (Lipinski definition) is 7. The topological polar surface area (TPSA) is 103 Å². The lowest BCUT2D eigenvalue weighted by atomic mass is 10.1. The molecule has 0 amide bonds. The van der Waals surface area contributed by atoms with Gasteiger partial charge in [-0.15, -0.1) is 0 Å². The number of ether oxygens (including phenoxy) is 3. The van der Waals surface area contributed by atoms with E-state index in [4.69, 9.17) is 43.1 Å². The number of nitrogen functional groups attached to an aromatic ring is 1. The van der Waals surface area contributed by atoms with Crippen LogP contribution in [-0.2, 0) is 0 Å². The number of aromatic nitrogens is 2. The maximum atomic E-state index is 9.56. The van der Waals surface area contributed by atoms with Gasteiger partial charge in [-0.25, -0.2) is 9.97 Å². The van der Waals surface area contributed by atoms with Crippen LogP contribution in [0, 0.1) is 11.3 Å². The van der Waals surface area contributed by atoms with Crippen molar-refractivity contribution in [3.63, 3.8) is 0 Å². The summed E-state index contributed by atoms with van der Waals surface area (Å²) in [4.78, 5) is 8.83. The highest BCUT2D eigenvalue weighted by molar-refractivity contribution is 6.36. The van der Waals surface area contributed by atoms with Crippen LogP contribution in [-0.4, -0.2) is 31.3 Å². The van der Waals surface area contributed by atoms with Crippen LogP contribution in [0.5, 0.6) is 17.2 Å². The Balaban J connectivity index is 2.28. The molecule has 1 heterocycles. The molecular weight excluding hydrogens is 415 g/mol. The van der Waals surface area contributed by atoms with Gasteiger partial charge in [0.2, 0.25) is 5.75 Å². The zero-order valence-corrected chi connectivity index (χ0v) is 17.3. The maximum Gasteiger partial charge on any atom is 0.203 e. The molecule has 0 atom stereocenters. The number of nitrogens with zero attached hydrogens (tertiary/aromatic N) is 3. The second-order valence-electron chi connectivity index (χ2n) is 5.81. The SMILES string of the molecule is COc1cc(-c2nc(N)c(C#N)c(-c3ccc(Cl)cc3Cl)n2)cc(OC)c1OC. The summed E-state index contributed by atoms with van der Waals surface area (Å²) in [6.07, 6.45) is 0. The second-order valence-corrected chi connectivity index (χ2v) is 6.65. The van der Waals surface area contributed by atoms with Gasteiger partial charge < -0.3 is 19.9 Å². The number of rotatable bonds is 5. The molecule has 0 saturated heterocycles. The van der Waals surface area contributed by atoms with Crippen LogP contribution in [0.4, 0.5) is 5.82 Å². The second kappa shape index (κ2) is 8.43. The first-order valence-corrected chi connectivity index (χ1v) is 9.02. The summed E-state index contributed by atoms with van der Waals surface area (Å²) in [5.41, 5.74) is 7.53. The van der Waals surface area contributed by atoms with Crippen LogP contribution in [0.15, 0.2) is 30.3 Å². The van der Waals surface area contributed by atoms with E-state index in [0.717, 1.165) is 0 Å². The standard InChI is InChI=1S/C20H16Cl2N4O3/c1-27-15-6-10(7-16(28-2)18(15)29-3)20-25-17(13(9-23)19(24)26-20)12-5-4-11(21)8-14(12)22/h4-8H,1-3H3,(H2,24,25,26). The third kappa shape index (κ3) is 3.86. The molecule has 9 heteroatoms. The maximum absolute atomic E-state index is 9.56. The van der Waals surface area contributed by atoms with Crippen LogP contribution >= 0.6 is 23.2 Å². The van der Waals surface area contributed by atoms with Crippen LogP contribution in [0.25, 0.3) is 22.6 Å². The highest BCUT2D eigenvalue weighted by atomic mass is 35.5. The molecule has 0 saturated carbocycles. The van der Waals surface area contributed by atoms with Gasteiger partial charge in [0.05, 0.1) is 32.0 Å². The number of nitriles is 1. The molecule has 0 fully saturated rings. The Kier molecular flexibility index (Phi) is 5.97. The smallest absolute Gasteiger partial charge is 0.203 e. The van der Waals surface area contributed by atoms with Gasteiger partial charge in [-0.05, 0) is 30.3 Å². The molecule has 1 aromatic heterocycles. The highest BCUT2D eigenvalue weighted by Gasteiger charge is 2.20. The average Bonchev–Trinajstić information content (AvgIpc) is 2.72. The van der Waals surface area contributed by atoms with Gasteiger partial charge in [-0.1, -0.05) is 23.2 Å². The molecule has 29 heavy (non-hydrogen) atoms. The Bertz CT molecular complexity index is 1100. The summed E-state index contributed by atoms with van der Waals surface area (Å²) >= 11 is 12.3. The number of methoxy groups -OCH3 is 3. The fourth-order valence-corrected chi connectivity index (χ4v) is 3.30. The zero-order chi connectivity index (χ0) is 21.1. The molecule has 3 rings (SSSR count). The lowest BCUT2D eigenvalue weighted by Gasteiger charge is -2.15. The van der Waals surface area contributed by atoms with Crippen molar-refractivity contribution < 1.29 is 14.2 Å². The summed E-state index contributed by atoms with van der Waals surface area (Å²) in [5.74, 6) is 1.58. The molecule has 2 aromatic carbocycles. The van der Waals surface area contributed by atoms with Gasteiger partial charge in [-0.3, -0.25) is 0 Å². The van der Waals surface area contributed by atoms with Gasteiger partial charge in [0.25, 0.3) is 0 Å². The first kappa shape index (κ1) is 20.5. The fourth-order valence-electron chi connectivity index (χ4n) is 2.80. The molecule has 0 bridgehead atoms. The van der Waals surface area contributed by atoms with E-state index in [2.05, 4.69) is 9.97 Å². The van der Waals surface area contributed by atoms with E-state index in [-0.39, 0.29) is 17.2 Å². The van der Waals surface area contributed by atoms with E-state index in [1.807, 2.05) is 6.07 Å². The molecular formula is C20H16Cl2N4O3.